The maximum atomic E-state index is 13.1. The number of carbonyl (C=O) groups is 2. The lowest BCUT2D eigenvalue weighted by Gasteiger charge is -2.16. The molecule has 0 aromatic heterocycles. The molecule has 0 heterocycles. The van der Waals surface area contributed by atoms with Gasteiger partial charge in [-0.05, 0) is 30.7 Å². The maximum absolute atomic E-state index is 13.1. The Morgan fingerprint density at radius 1 is 1.22 bits per heavy atom. The van der Waals surface area contributed by atoms with Crippen LogP contribution in [-0.4, -0.2) is 18.2 Å². The van der Waals surface area contributed by atoms with Gasteiger partial charge in [0, 0.05) is 11.0 Å². The van der Waals surface area contributed by atoms with Crippen LogP contribution in [0.1, 0.15) is 36.7 Å². The molecular weight excluding hydrogens is 233 g/mol. The number of Topliss-reactive ketones (excluding diaryl/α,β-unsaturated/α-hetero) is 1. The van der Waals surface area contributed by atoms with E-state index in [-0.39, 0.29) is 17.9 Å². The molecule has 98 valence electrons. The molecule has 1 N–H and O–H groups in total. The third-order valence-electron chi connectivity index (χ3n) is 2.55. The number of nitrogens with one attached hydrogen (secondary N) is 1. The van der Waals surface area contributed by atoms with Crippen molar-refractivity contribution in [2.24, 2.45) is 5.41 Å². The number of hydrogen-bond acceptors (Lipinski definition) is 2. The summed E-state index contributed by atoms with van der Waals surface area (Å²) in [5.41, 5.74) is 0.405. The van der Waals surface area contributed by atoms with Gasteiger partial charge in [0.25, 0.3) is 5.91 Å². The topological polar surface area (TPSA) is 46.2 Å². The fourth-order valence-electron chi connectivity index (χ4n) is 1.40. The van der Waals surface area contributed by atoms with Crippen molar-refractivity contribution >= 4 is 11.7 Å². The van der Waals surface area contributed by atoms with Crippen molar-refractivity contribution in [1.29, 1.82) is 0 Å². The van der Waals surface area contributed by atoms with Crippen LogP contribution < -0.4 is 5.32 Å². The number of aryl methyl sites for hydroxylation is 1. The van der Waals surface area contributed by atoms with Crippen LogP contribution in [0.2, 0.25) is 0 Å². The molecule has 4 heteroatoms. The van der Waals surface area contributed by atoms with Crippen molar-refractivity contribution in [3.63, 3.8) is 0 Å². The van der Waals surface area contributed by atoms with E-state index in [1.54, 1.807) is 33.8 Å². The molecule has 0 aliphatic carbocycles. The minimum atomic E-state index is -0.495. The van der Waals surface area contributed by atoms with Gasteiger partial charge in [-0.15, -0.1) is 0 Å². The van der Waals surface area contributed by atoms with Crippen LogP contribution in [0, 0.1) is 18.2 Å². The van der Waals surface area contributed by atoms with Gasteiger partial charge in [0.1, 0.15) is 5.82 Å². The van der Waals surface area contributed by atoms with Crippen LogP contribution in [0.5, 0.6) is 0 Å². The molecular formula is C14H18FNO2. The first kappa shape index (κ1) is 14.4. The Morgan fingerprint density at radius 3 is 2.33 bits per heavy atom. The number of benzene rings is 1. The first-order valence-corrected chi connectivity index (χ1v) is 5.79. The number of ketones is 1. The monoisotopic (exact) mass is 251 g/mol. The average molecular weight is 251 g/mol. The lowest BCUT2D eigenvalue weighted by atomic mass is 9.91. The van der Waals surface area contributed by atoms with Gasteiger partial charge in [-0.2, -0.15) is 0 Å². The van der Waals surface area contributed by atoms with E-state index in [1.165, 1.54) is 6.07 Å². The van der Waals surface area contributed by atoms with E-state index in [0.717, 1.165) is 6.07 Å². The third-order valence-corrected chi connectivity index (χ3v) is 2.55. The average Bonchev–Trinajstić information content (AvgIpc) is 2.22. The van der Waals surface area contributed by atoms with E-state index in [1.807, 2.05) is 0 Å². The third kappa shape index (κ3) is 3.95. The molecule has 0 radical (unpaired) electrons. The summed E-state index contributed by atoms with van der Waals surface area (Å²) in [5.74, 6) is -0.957. The molecule has 1 aromatic carbocycles. The number of rotatable bonds is 3. The maximum Gasteiger partial charge on any atom is 0.251 e. The highest BCUT2D eigenvalue weighted by Crippen LogP contribution is 2.14. The van der Waals surface area contributed by atoms with E-state index in [9.17, 15) is 14.0 Å². The second kappa shape index (κ2) is 5.29. The minimum Gasteiger partial charge on any atom is -0.345 e. The van der Waals surface area contributed by atoms with Gasteiger partial charge in [0.05, 0.1) is 6.54 Å². The molecule has 0 fully saturated rings. The molecule has 1 aromatic rings. The van der Waals surface area contributed by atoms with Crippen molar-refractivity contribution in [2.45, 2.75) is 27.7 Å². The number of amides is 1. The SMILES string of the molecule is Cc1cc(F)cc(C(=O)NCC(=O)C(C)(C)C)c1. The molecule has 0 aliphatic heterocycles. The summed E-state index contributed by atoms with van der Waals surface area (Å²) in [5, 5.41) is 2.50. The molecule has 0 bridgehead atoms. The fraction of sp³-hybridized carbons (Fsp3) is 0.429. The van der Waals surface area contributed by atoms with Crippen molar-refractivity contribution in [3.05, 3.63) is 35.1 Å². The van der Waals surface area contributed by atoms with Crippen LogP contribution in [0.3, 0.4) is 0 Å². The van der Waals surface area contributed by atoms with E-state index in [2.05, 4.69) is 5.32 Å². The minimum absolute atomic E-state index is 0.0438. The highest BCUT2D eigenvalue weighted by Gasteiger charge is 2.21. The molecule has 0 atom stereocenters. The Balaban J connectivity index is 2.69. The number of halogens is 1. The van der Waals surface area contributed by atoms with Crippen molar-refractivity contribution < 1.29 is 14.0 Å². The zero-order chi connectivity index (χ0) is 13.9. The van der Waals surface area contributed by atoms with E-state index in [4.69, 9.17) is 0 Å². The molecule has 1 rings (SSSR count). The fourth-order valence-corrected chi connectivity index (χ4v) is 1.40. The smallest absolute Gasteiger partial charge is 0.251 e. The molecule has 18 heavy (non-hydrogen) atoms. The Hall–Kier alpha value is -1.71. The van der Waals surface area contributed by atoms with Gasteiger partial charge in [0.2, 0.25) is 0 Å². The molecule has 0 saturated carbocycles. The normalized spacial score (nSPS) is 11.2. The van der Waals surface area contributed by atoms with Crippen molar-refractivity contribution in [3.8, 4) is 0 Å². The van der Waals surface area contributed by atoms with Gasteiger partial charge >= 0.3 is 0 Å². The second-order valence-corrected chi connectivity index (χ2v) is 5.37. The van der Waals surface area contributed by atoms with E-state index >= 15 is 0 Å². The molecule has 1 amide bonds. The zero-order valence-corrected chi connectivity index (χ0v) is 11.1. The Bertz CT molecular complexity index is 455. The molecule has 3 nitrogen and oxygen atoms in total. The van der Waals surface area contributed by atoms with Gasteiger partial charge in [-0.1, -0.05) is 20.8 Å². The van der Waals surface area contributed by atoms with Crippen LogP contribution >= 0.6 is 0 Å². The Morgan fingerprint density at radius 2 is 1.83 bits per heavy atom. The largest absolute Gasteiger partial charge is 0.345 e. The van der Waals surface area contributed by atoms with Crippen LogP contribution in [0.4, 0.5) is 4.39 Å². The number of hydrogen-bond donors (Lipinski definition) is 1. The van der Waals surface area contributed by atoms with Gasteiger partial charge < -0.3 is 5.32 Å². The van der Waals surface area contributed by atoms with Crippen LogP contribution in [-0.2, 0) is 4.79 Å². The van der Waals surface area contributed by atoms with Crippen molar-refractivity contribution in [2.75, 3.05) is 6.54 Å². The quantitative estimate of drug-likeness (QED) is 0.897. The van der Waals surface area contributed by atoms with Crippen LogP contribution in [0.15, 0.2) is 18.2 Å². The first-order chi connectivity index (χ1) is 8.20. The summed E-state index contributed by atoms with van der Waals surface area (Å²) < 4.78 is 13.1. The van der Waals surface area contributed by atoms with E-state index in [0.29, 0.717) is 5.56 Å². The summed E-state index contributed by atoms with van der Waals surface area (Å²) in [7, 11) is 0. The predicted molar refractivity (Wildman–Crippen MR) is 67.9 cm³/mol. The summed E-state index contributed by atoms with van der Waals surface area (Å²) in [6.07, 6.45) is 0. The highest BCUT2D eigenvalue weighted by atomic mass is 19.1. The van der Waals surface area contributed by atoms with Gasteiger partial charge in [-0.3, -0.25) is 9.59 Å². The lowest BCUT2D eigenvalue weighted by molar-refractivity contribution is -0.125. The predicted octanol–water partition coefficient (Wildman–Crippen LogP) is 2.48. The zero-order valence-electron chi connectivity index (χ0n) is 11.1. The van der Waals surface area contributed by atoms with Crippen LogP contribution in [0.25, 0.3) is 0 Å². The van der Waals surface area contributed by atoms with Gasteiger partial charge in [-0.25, -0.2) is 4.39 Å². The molecule has 0 spiro atoms. The molecule has 0 saturated heterocycles. The lowest BCUT2D eigenvalue weighted by Crippen LogP contribution is -2.35. The molecule has 0 aliphatic rings. The second-order valence-electron chi connectivity index (χ2n) is 5.37. The summed E-state index contributed by atoms with van der Waals surface area (Å²) in [6.45, 7) is 7.02. The Labute approximate surface area is 106 Å². The highest BCUT2D eigenvalue weighted by molar-refractivity contribution is 5.97. The summed E-state index contributed by atoms with van der Waals surface area (Å²) >= 11 is 0. The summed E-state index contributed by atoms with van der Waals surface area (Å²) in [6, 6.07) is 4.08. The standard InChI is InChI=1S/C14H18FNO2/c1-9-5-10(7-11(15)6-9)13(18)16-8-12(17)14(2,3)4/h5-7H,8H2,1-4H3,(H,16,18). The first-order valence-electron chi connectivity index (χ1n) is 5.79. The van der Waals surface area contributed by atoms with E-state index < -0.39 is 17.1 Å². The molecule has 0 unspecified atom stereocenters. The van der Waals surface area contributed by atoms with Gasteiger partial charge in [0.15, 0.2) is 5.78 Å². The number of carbonyl (C=O) groups excluding carboxylic acids is 2. The van der Waals surface area contributed by atoms with Crippen molar-refractivity contribution in [1.82, 2.24) is 5.32 Å². The summed E-state index contributed by atoms with van der Waals surface area (Å²) in [4.78, 5) is 23.4. The Kier molecular flexibility index (Phi) is 4.22.